The molecule has 32 heavy (non-hydrogen) atoms. The average Bonchev–Trinajstić information content (AvgIpc) is 3.10. The van der Waals surface area contributed by atoms with Crippen LogP contribution in [0.2, 0.25) is 0 Å². The Hall–Kier alpha value is -3.81. The largest absolute Gasteiger partial charge is 0.326 e. The highest BCUT2D eigenvalue weighted by atomic mass is 19.1. The van der Waals surface area contributed by atoms with Gasteiger partial charge in [0.25, 0.3) is 11.5 Å². The molecule has 0 aliphatic carbocycles. The van der Waals surface area contributed by atoms with Crippen molar-refractivity contribution in [1.82, 2.24) is 9.78 Å². The second kappa shape index (κ2) is 8.74. The van der Waals surface area contributed by atoms with Crippen LogP contribution >= 0.6 is 0 Å². The second-order valence-electron chi connectivity index (χ2n) is 7.89. The fourth-order valence-corrected chi connectivity index (χ4v) is 3.91. The normalized spacial score (nSPS) is 14.8. The van der Waals surface area contributed by atoms with Crippen molar-refractivity contribution in [2.75, 3.05) is 10.2 Å². The van der Waals surface area contributed by atoms with Crippen LogP contribution in [0.3, 0.4) is 0 Å². The van der Waals surface area contributed by atoms with E-state index in [4.69, 9.17) is 0 Å². The summed E-state index contributed by atoms with van der Waals surface area (Å²) in [6.45, 7) is 3.67. The summed E-state index contributed by atoms with van der Waals surface area (Å²) in [5.41, 5.74) is 2.78. The summed E-state index contributed by atoms with van der Waals surface area (Å²) < 4.78 is 14.4. The Morgan fingerprint density at radius 3 is 2.72 bits per heavy atom. The summed E-state index contributed by atoms with van der Waals surface area (Å²) >= 11 is 0. The quantitative estimate of drug-likeness (QED) is 0.668. The number of amides is 2. The number of para-hydroxylation sites is 1. The number of aryl methyl sites for hydroxylation is 2. The van der Waals surface area contributed by atoms with Crippen molar-refractivity contribution in [3.63, 3.8) is 0 Å². The zero-order valence-electron chi connectivity index (χ0n) is 17.8. The molecule has 8 heteroatoms. The van der Waals surface area contributed by atoms with Crippen LogP contribution in [0.4, 0.5) is 15.8 Å². The van der Waals surface area contributed by atoms with Gasteiger partial charge >= 0.3 is 0 Å². The van der Waals surface area contributed by atoms with Crippen LogP contribution in [0.15, 0.2) is 59.4 Å². The van der Waals surface area contributed by atoms with Gasteiger partial charge in [-0.25, -0.2) is 9.07 Å². The van der Waals surface area contributed by atoms with Crippen molar-refractivity contribution in [3.8, 4) is 0 Å². The van der Waals surface area contributed by atoms with Crippen LogP contribution in [0.5, 0.6) is 0 Å². The first-order valence-electron chi connectivity index (χ1n) is 10.4. The molecule has 1 atom stereocenters. The van der Waals surface area contributed by atoms with Crippen molar-refractivity contribution < 1.29 is 14.0 Å². The second-order valence-corrected chi connectivity index (χ2v) is 7.89. The molecule has 1 N–H and O–H groups in total. The van der Waals surface area contributed by atoms with Gasteiger partial charge in [0.05, 0.1) is 6.54 Å². The van der Waals surface area contributed by atoms with E-state index in [9.17, 15) is 18.8 Å². The minimum atomic E-state index is -0.401. The van der Waals surface area contributed by atoms with Crippen LogP contribution in [-0.4, -0.2) is 27.6 Å². The van der Waals surface area contributed by atoms with E-state index in [1.165, 1.54) is 30.3 Å². The first-order valence-corrected chi connectivity index (χ1v) is 10.4. The molecule has 2 amide bonds. The van der Waals surface area contributed by atoms with Gasteiger partial charge in [-0.05, 0) is 61.7 Å². The number of hydrogen-bond donors (Lipinski definition) is 1. The van der Waals surface area contributed by atoms with E-state index in [1.54, 1.807) is 11.8 Å². The third-order valence-electron chi connectivity index (χ3n) is 5.53. The number of hydrogen-bond acceptors (Lipinski definition) is 4. The third kappa shape index (κ3) is 4.30. The van der Waals surface area contributed by atoms with Gasteiger partial charge in [0, 0.05) is 29.9 Å². The number of aromatic nitrogens is 2. The molecule has 7 nitrogen and oxygen atoms in total. The van der Waals surface area contributed by atoms with E-state index in [0.717, 1.165) is 22.4 Å². The fraction of sp³-hybridized carbons (Fsp3) is 0.250. The predicted molar refractivity (Wildman–Crippen MR) is 119 cm³/mol. The molecule has 0 radical (unpaired) electrons. The number of anilines is 2. The summed E-state index contributed by atoms with van der Waals surface area (Å²) in [6, 6.07) is 14.5. The maximum Gasteiger partial charge on any atom is 0.278 e. The van der Waals surface area contributed by atoms with Gasteiger partial charge in [-0.2, -0.15) is 5.10 Å². The molecule has 0 saturated heterocycles. The van der Waals surface area contributed by atoms with Crippen molar-refractivity contribution in [3.05, 3.63) is 87.6 Å². The monoisotopic (exact) mass is 434 g/mol. The summed E-state index contributed by atoms with van der Waals surface area (Å²) in [5, 5.41) is 6.92. The number of rotatable bonds is 5. The predicted octanol–water partition coefficient (Wildman–Crippen LogP) is 3.31. The number of carbonyl (C=O) groups excluding carboxylic acids is 2. The number of carbonyl (C=O) groups is 2. The van der Waals surface area contributed by atoms with E-state index in [1.807, 2.05) is 31.2 Å². The lowest BCUT2D eigenvalue weighted by atomic mass is 10.1. The van der Waals surface area contributed by atoms with Gasteiger partial charge in [-0.3, -0.25) is 14.4 Å². The Kier molecular flexibility index (Phi) is 5.85. The summed E-state index contributed by atoms with van der Waals surface area (Å²) in [7, 11) is 0. The summed E-state index contributed by atoms with van der Waals surface area (Å²) in [4.78, 5) is 39.4. The van der Waals surface area contributed by atoms with Gasteiger partial charge in [-0.1, -0.05) is 18.2 Å². The molecule has 0 bridgehead atoms. The highest BCUT2D eigenvalue weighted by molar-refractivity contribution is 6.06. The SMILES string of the molecule is Cc1cc(F)ccc1NC(=O)CCn1nc(C(=O)N2c3ccccc3CC2C)ccc1=O. The van der Waals surface area contributed by atoms with E-state index in [0.29, 0.717) is 11.3 Å². The first-order chi connectivity index (χ1) is 15.3. The van der Waals surface area contributed by atoms with Gasteiger partial charge in [0.15, 0.2) is 0 Å². The Morgan fingerprint density at radius 1 is 1.16 bits per heavy atom. The third-order valence-corrected chi connectivity index (χ3v) is 5.53. The minimum absolute atomic E-state index is 0.0121. The van der Waals surface area contributed by atoms with Gasteiger partial charge < -0.3 is 10.2 Å². The molecular formula is C24H23FN4O3. The van der Waals surface area contributed by atoms with E-state index >= 15 is 0 Å². The molecule has 164 valence electrons. The molecule has 1 unspecified atom stereocenters. The molecule has 2 heterocycles. The zero-order valence-corrected chi connectivity index (χ0v) is 17.8. The van der Waals surface area contributed by atoms with Crippen LogP contribution in [-0.2, 0) is 17.8 Å². The lowest BCUT2D eigenvalue weighted by Gasteiger charge is -2.22. The molecular weight excluding hydrogens is 411 g/mol. The molecule has 0 saturated carbocycles. The highest BCUT2D eigenvalue weighted by Gasteiger charge is 2.32. The van der Waals surface area contributed by atoms with E-state index in [-0.39, 0.29) is 42.3 Å². The molecule has 3 aromatic rings. The zero-order chi connectivity index (χ0) is 22.8. The lowest BCUT2D eigenvalue weighted by molar-refractivity contribution is -0.116. The number of halogens is 1. The smallest absolute Gasteiger partial charge is 0.278 e. The molecule has 4 rings (SSSR count). The number of fused-ring (bicyclic) bond motifs is 1. The topological polar surface area (TPSA) is 84.3 Å². The van der Waals surface area contributed by atoms with Gasteiger partial charge in [0.1, 0.15) is 11.5 Å². The Balaban J connectivity index is 1.48. The van der Waals surface area contributed by atoms with Crippen LogP contribution in [0, 0.1) is 12.7 Å². The van der Waals surface area contributed by atoms with Crippen LogP contribution in [0.25, 0.3) is 0 Å². The Bertz CT molecular complexity index is 1250. The summed E-state index contributed by atoms with van der Waals surface area (Å²) in [6.07, 6.45) is 0.731. The molecule has 2 aromatic carbocycles. The molecule has 1 aliphatic rings. The Labute approximate surface area is 184 Å². The van der Waals surface area contributed by atoms with E-state index in [2.05, 4.69) is 10.4 Å². The molecule has 0 fully saturated rings. The molecule has 1 aromatic heterocycles. The first kappa shape index (κ1) is 21.4. The number of nitrogens with one attached hydrogen (secondary N) is 1. The highest BCUT2D eigenvalue weighted by Crippen LogP contribution is 2.32. The molecule has 0 spiro atoms. The maximum absolute atomic E-state index is 13.2. The number of benzene rings is 2. The molecule has 1 aliphatic heterocycles. The van der Waals surface area contributed by atoms with E-state index < -0.39 is 5.56 Å². The van der Waals surface area contributed by atoms with Crippen LogP contribution < -0.4 is 15.8 Å². The summed E-state index contributed by atoms with van der Waals surface area (Å²) in [5.74, 6) is -1.01. The standard InChI is InChI=1S/C24H23FN4O3/c1-15-13-18(25)7-8-19(15)26-22(30)11-12-28-23(31)10-9-20(27-28)24(32)29-16(2)14-17-5-3-4-6-21(17)29/h3-10,13,16H,11-12,14H2,1-2H3,(H,26,30). The van der Waals surface area contributed by atoms with Gasteiger partial charge in [-0.15, -0.1) is 0 Å². The lowest BCUT2D eigenvalue weighted by Crippen LogP contribution is -2.37. The minimum Gasteiger partial charge on any atom is -0.326 e. The van der Waals surface area contributed by atoms with Crippen molar-refractivity contribution in [2.24, 2.45) is 0 Å². The maximum atomic E-state index is 13.2. The van der Waals surface area contributed by atoms with Crippen LogP contribution in [0.1, 0.15) is 35.0 Å². The fourth-order valence-electron chi connectivity index (χ4n) is 3.91. The number of nitrogens with zero attached hydrogens (tertiary/aromatic N) is 3. The van der Waals surface area contributed by atoms with Crippen molar-refractivity contribution >= 4 is 23.2 Å². The Morgan fingerprint density at radius 2 is 1.94 bits per heavy atom. The van der Waals surface area contributed by atoms with Gasteiger partial charge in [0.2, 0.25) is 5.91 Å². The van der Waals surface area contributed by atoms with Crippen molar-refractivity contribution in [1.29, 1.82) is 0 Å². The van der Waals surface area contributed by atoms with Crippen molar-refractivity contribution in [2.45, 2.75) is 39.3 Å². The average molecular weight is 434 g/mol.